The number of anilines is 2. The highest BCUT2D eigenvalue weighted by atomic mass is 35.5. The van der Waals surface area contributed by atoms with Crippen LogP contribution in [0.15, 0.2) is 35.1 Å². The van der Waals surface area contributed by atoms with E-state index in [1.54, 1.807) is 13.0 Å². The van der Waals surface area contributed by atoms with Crippen molar-refractivity contribution in [3.63, 3.8) is 0 Å². The fraction of sp³-hybridized carbons (Fsp3) is 0.375. The van der Waals surface area contributed by atoms with Crippen LogP contribution in [-0.4, -0.2) is 32.0 Å². The lowest BCUT2D eigenvalue weighted by molar-refractivity contribution is -0.121. The topological polar surface area (TPSA) is 128 Å². The Morgan fingerprint density at radius 2 is 1.91 bits per heavy atom. The van der Waals surface area contributed by atoms with Crippen molar-refractivity contribution in [2.75, 3.05) is 17.6 Å². The van der Waals surface area contributed by atoms with Crippen LogP contribution in [0.25, 0.3) is 0 Å². The lowest BCUT2D eigenvalue weighted by Crippen LogP contribution is -2.35. The smallest absolute Gasteiger partial charge is 0.294 e. The van der Waals surface area contributed by atoms with Crippen LogP contribution < -0.4 is 21.9 Å². The van der Waals surface area contributed by atoms with Crippen molar-refractivity contribution in [2.24, 2.45) is 0 Å². The number of nitrogens with one attached hydrogen (secondary N) is 2. The van der Waals surface area contributed by atoms with Crippen molar-refractivity contribution < 1.29 is 4.79 Å². The van der Waals surface area contributed by atoms with Crippen molar-refractivity contribution in [3.05, 3.63) is 74.2 Å². The van der Waals surface area contributed by atoms with E-state index in [0.29, 0.717) is 18.1 Å². The average molecular weight is 482 g/mol. The number of nitrogens with zero attached hydrogens (tertiary/aromatic N) is 4. The van der Waals surface area contributed by atoms with Crippen molar-refractivity contribution in [1.82, 2.24) is 24.8 Å². The summed E-state index contributed by atoms with van der Waals surface area (Å²) in [6.07, 6.45) is 1.96. The standard InChI is InChI=1S/C24H28ClN7O2/c1-14-5-4-6-18(29-14)24(9-10-24)13-28-22-23(34)32(16(3)21(25)31-22)12-20(33)27-11-17-7-8-19(26)30-15(17)2/h4-8H,9-13H2,1-3H3,(H2,26,30)(H,27,33)(H,28,31). The molecule has 4 rings (SSSR count). The molecule has 0 aromatic carbocycles. The molecule has 3 aromatic heterocycles. The fourth-order valence-electron chi connectivity index (χ4n) is 3.88. The molecule has 0 radical (unpaired) electrons. The maximum Gasteiger partial charge on any atom is 0.294 e. The van der Waals surface area contributed by atoms with E-state index < -0.39 is 5.56 Å². The molecule has 10 heteroatoms. The molecule has 0 spiro atoms. The Labute approximate surface area is 202 Å². The van der Waals surface area contributed by atoms with Gasteiger partial charge in [-0.3, -0.25) is 19.1 Å². The van der Waals surface area contributed by atoms with Gasteiger partial charge in [-0.2, -0.15) is 0 Å². The third kappa shape index (κ3) is 5.04. The molecule has 34 heavy (non-hydrogen) atoms. The third-order valence-electron chi connectivity index (χ3n) is 6.24. The number of rotatable bonds is 8. The van der Waals surface area contributed by atoms with Crippen LogP contribution in [0.4, 0.5) is 11.6 Å². The number of aryl methyl sites for hydroxylation is 2. The van der Waals surface area contributed by atoms with Crippen LogP contribution in [-0.2, 0) is 23.3 Å². The van der Waals surface area contributed by atoms with Gasteiger partial charge >= 0.3 is 0 Å². The van der Waals surface area contributed by atoms with E-state index in [1.165, 1.54) is 4.57 Å². The van der Waals surface area contributed by atoms with Crippen molar-refractivity contribution in [3.8, 4) is 0 Å². The van der Waals surface area contributed by atoms with Gasteiger partial charge in [0, 0.05) is 35.6 Å². The third-order valence-corrected chi connectivity index (χ3v) is 6.59. The molecule has 1 aliphatic rings. The van der Waals surface area contributed by atoms with Gasteiger partial charge in [0.1, 0.15) is 12.4 Å². The van der Waals surface area contributed by atoms with Gasteiger partial charge < -0.3 is 16.4 Å². The molecule has 1 fully saturated rings. The first kappa shape index (κ1) is 23.7. The van der Waals surface area contributed by atoms with Crippen LogP contribution in [0.2, 0.25) is 5.15 Å². The molecule has 0 bridgehead atoms. The number of aromatic nitrogens is 4. The number of amides is 1. The second-order valence-corrected chi connectivity index (χ2v) is 9.14. The van der Waals surface area contributed by atoms with Gasteiger partial charge in [0.25, 0.3) is 5.56 Å². The van der Waals surface area contributed by atoms with Crippen molar-refractivity contribution >= 4 is 29.1 Å². The molecule has 9 nitrogen and oxygen atoms in total. The normalized spacial score (nSPS) is 14.0. The SMILES string of the molecule is Cc1cccc(C2(CNc3nc(Cl)c(C)n(CC(=O)NCc4ccc(N)nc4C)c3=O)CC2)n1. The van der Waals surface area contributed by atoms with E-state index in [9.17, 15) is 9.59 Å². The minimum Gasteiger partial charge on any atom is -0.384 e. The van der Waals surface area contributed by atoms with Crippen LogP contribution >= 0.6 is 11.6 Å². The molecule has 178 valence electrons. The van der Waals surface area contributed by atoms with E-state index in [-0.39, 0.29) is 35.4 Å². The quantitative estimate of drug-likeness (QED) is 0.451. The Morgan fingerprint density at radius 3 is 2.59 bits per heavy atom. The number of carbonyl (C=O) groups is 1. The monoisotopic (exact) mass is 481 g/mol. The van der Waals surface area contributed by atoms with Gasteiger partial charge in [-0.05, 0) is 57.4 Å². The summed E-state index contributed by atoms with van der Waals surface area (Å²) in [4.78, 5) is 38.8. The second kappa shape index (κ2) is 9.42. The summed E-state index contributed by atoms with van der Waals surface area (Å²) in [5.41, 5.74) is 9.14. The number of carbonyl (C=O) groups excluding carboxylic acids is 1. The summed E-state index contributed by atoms with van der Waals surface area (Å²) in [5.74, 6) is 0.227. The van der Waals surface area contributed by atoms with Crippen molar-refractivity contribution in [1.29, 1.82) is 0 Å². The Morgan fingerprint density at radius 1 is 1.15 bits per heavy atom. The summed E-state index contributed by atoms with van der Waals surface area (Å²) < 4.78 is 1.34. The second-order valence-electron chi connectivity index (χ2n) is 8.78. The summed E-state index contributed by atoms with van der Waals surface area (Å²) in [5, 5.41) is 6.16. The molecule has 0 atom stereocenters. The highest BCUT2D eigenvalue weighted by Gasteiger charge is 2.45. The molecule has 0 unspecified atom stereocenters. The molecule has 3 aromatic rings. The molecular formula is C24H28ClN7O2. The highest BCUT2D eigenvalue weighted by Crippen LogP contribution is 2.47. The van der Waals surface area contributed by atoms with Crippen molar-refractivity contribution in [2.45, 2.75) is 52.1 Å². The van der Waals surface area contributed by atoms with Gasteiger partial charge in [0.15, 0.2) is 11.0 Å². The van der Waals surface area contributed by atoms with Gasteiger partial charge in [-0.25, -0.2) is 9.97 Å². The lowest BCUT2D eigenvalue weighted by atomic mass is 10.0. The summed E-state index contributed by atoms with van der Waals surface area (Å²) in [7, 11) is 0. The van der Waals surface area contributed by atoms with E-state index in [4.69, 9.17) is 17.3 Å². The largest absolute Gasteiger partial charge is 0.384 e. The average Bonchev–Trinajstić information content (AvgIpc) is 3.59. The van der Waals surface area contributed by atoms with Gasteiger partial charge in [-0.1, -0.05) is 23.7 Å². The van der Waals surface area contributed by atoms with E-state index >= 15 is 0 Å². The molecule has 1 amide bonds. The molecule has 0 aliphatic heterocycles. The molecule has 4 N–H and O–H groups in total. The maximum absolute atomic E-state index is 13.1. The fourth-order valence-corrected chi connectivity index (χ4v) is 4.07. The number of halogens is 1. The minimum absolute atomic E-state index is 0.120. The predicted molar refractivity (Wildman–Crippen MR) is 132 cm³/mol. The Bertz CT molecular complexity index is 1300. The number of pyridine rings is 2. The first-order valence-corrected chi connectivity index (χ1v) is 11.5. The number of nitrogen functional groups attached to an aromatic ring is 1. The zero-order valence-electron chi connectivity index (χ0n) is 19.5. The highest BCUT2D eigenvalue weighted by molar-refractivity contribution is 6.30. The Balaban J connectivity index is 1.47. The zero-order valence-corrected chi connectivity index (χ0v) is 20.2. The molecular weight excluding hydrogens is 454 g/mol. The summed E-state index contributed by atoms with van der Waals surface area (Å²) >= 11 is 6.31. The lowest BCUT2D eigenvalue weighted by Gasteiger charge is -2.18. The first-order valence-electron chi connectivity index (χ1n) is 11.1. The van der Waals surface area contributed by atoms with Crippen LogP contribution in [0.1, 0.15) is 41.2 Å². The van der Waals surface area contributed by atoms with Crippen LogP contribution in [0.3, 0.4) is 0 Å². The molecule has 0 saturated heterocycles. The summed E-state index contributed by atoms with van der Waals surface area (Å²) in [6, 6.07) is 9.47. The molecule has 1 saturated carbocycles. The van der Waals surface area contributed by atoms with Gasteiger partial charge in [0.2, 0.25) is 5.91 Å². The number of hydrogen-bond donors (Lipinski definition) is 3. The van der Waals surface area contributed by atoms with E-state index in [0.717, 1.165) is 35.5 Å². The Hall–Kier alpha value is -3.46. The number of nitrogens with two attached hydrogens (primary N) is 1. The van der Waals surface area contributed by atoms with E-state index in [1.807, 2.05) is 38.1 Å². The molecule has 1 aliphatic carbocycles. The summed E-state index contributed by atoms with van der Waals surface area (Å²) in [6.45, 7) is 6.08. The Kier molecular flexibility index (Phi) is 6.56. The van der Waals surface area contributed by atoms with E-state index in [2.05, 4.69) is 25.6 Å². The van der Waals surface area contributed by atoms with Gasteiger partial charge in [0.05, 0.1) is 5.69 Å². The van der Waals surface area contributed by atoms with Gasteiger partial charge in [-0.15, -0.1) is 0 Å². The minimum atomic E-state index is -0.393. The maximum atomic E-state index is 13.1. The first-order chi connectivity index (χ1) is 16.2. The number of hydrogen-bond acceptors (Lipinski definition) is 7. The predicted octanol–water partition coefficient (Wildman–Crippen LogP) is 2.65. The zero-order chi connectivity index (χ0) is 24.5. The molecule has 3 heterocycles. The van der Waals surface area contributed by atoms with Crippen LogP contribution in [0.5, 0.6) is 0 Å². The van der Waals surface area contributed by atoms with Crippen LogP contribution in [0, 0.1) is 20.8 Å².